The molecule has 0 amide bonds. The molecule has 0 aromatic carbocycles. The van der Waals surface area contributed by atoms with Crippen molar-refractivity contribution in [3.05, 3.63) is 0 Å². The molecule has 1 atom stereocenters. The molecule has 1 aliphatic carbocycles. The first-order valence-corrected chi connectivity index (χ1v) is 3.45. The summed E-state index contributed by atoms with van der Waals surface area (Å²) >= 11 is 0. The van der Waals surface area contributed by atoms with E-state index in [2.05, 4.69) is 0 Å². The number of hydrogen-bond donors (Lipinski definition) is 0. The lowest BCUT2D eigenvalue weighted by Crippen LogP contribution is -2.15. The smallest absolute Gasteiger partial charge is 0.0904 e. The van der Waals surface area contributed by atoms with Gasteiger partial charge in [0, 0.05) is 0 Å². The van der Waals surface area contributed by atoms with E-state index in [1.807, 2.05) is 0 Å². The third-order valence-corrected chi connectivity index (χ3v) is 1.89. The average Bonchev–Trinajstić information content (AvgIpc) is 1.55. The quantitative estimate of drug-likeness (QED) is 0.522. The molecule has 0 heterocycles. The van der Waals surface area contributed by atoms with Crippen molar-refractivity contribution in [2.75, 3.05) is 0 Å². The molecule has 1 aliphatic rings. The molecule has 0 saturated heterocycles. The van der Waals surface area contributed by atoms with E-state index in [0.29, 0.717) is 0 Å². The standard InChI is InChI=1S/C7H13O/c1-6(8)5-7-3-2-4-7/h6-7H,2-5H2,1H3. The highest BCUT2D eigenvalue weighted by atomic mass is 16.3. The molecule has 1 saturated carbocycles. The van der Waals surface area contributed by atoms with E-state index >= 15 is 0 Å². The number of rotatable bonds is 2. The molecule has 0 aromatic rings. The van der Waals surface area contributed by atoms with E-state index in [9.17, 15) is 5.11 Å². The molecule has 0 spiro atoms. The van der Waals surface area contributed by atoms with Crippen LogP contribution in [0.2, 0.25) is 0 Å². The van der Waals surface area contributed by atoms with Crippen molar-refractivity contribution in [3.8, 4) is 0 Å². The fourth-order valence-corrected chi connectivity index (χ4v) is 1.20. The minimum Gasteiger partial charge on any atom is -0.233 e. The minimum absolute atomic E-state index is 0.319. The van der Waals surface area contributed by atoms with Gasteiger partial charge in [0.25, 0.3) is 0 Å². The van der Waals surface area contributed by atoms with Gasteiger partial charge in [0.2, 0.25) is 0 Å². The molecule has 1 rings (SSSR count). The van der Waals surface area contributed by atoms with Crippen molar-refractivity contribution >= 4 is 0 Å². The van der Waals surface area contributed by atoms with Crippen LogP contribution in [-0.4, -0.2) is 6.10 Å². The van der Waals surface area contributed by atoms with Crippen LogP contribution in [0.3, 0.4) is 0 Å². The molecular formula is C7H13O. The third kappa shape index (κ3) is 1.48. The van der Waals surface area contributed by atoms with Crippen LogP contribution in [0.5, 0.6) is 0 Å². The molecule has 0 bridgehead atoms. The second kappa shape index (κ2) is 2.49. The highest BCUT2D eigenvalue weighted by Gasteiger charge is 2.18. The maximum atomic E-state index is 10.5. The van der Waals surface area contributed by atoms with Gasteiger partial charge in [-0.25, -0.2) is 5.11 Å². The summed E-state index contributed by atoms with van der Waals surface area (Å²) in [6, 6.07) is 0. The summed E-state index contributed by atoms with van der Waals surface area (Å²) in [4.78, 5) is 0. The summed E-state index contributed by atoms with van der Waals surface area (Å²) in [5.74, 6) is 0.794. The summed E-state index contributed by atoms with van der Waals surface area (Å²) in [6.07, 6.45) is 4.58. The van der Waals surface area contributed by atoms with Gasteiger partial charge in [-0.2, -0.15) is 0 Å². The highest BCUT2D eigenvalue weighted by molar-refractivity contribution is 4.70. The highest BCUT2D eigenvalue weighted by Crippen LogP contribution is 2.30. The second-order valence-corrected chi connectivity index (χ2v) is 2.84. The van der Waals surface area contributed by atoms with Crippen molar-refractivity contribution in [1.29, 1.82) is 0 Å². The number of hydrogen-bond acceptors (Lipinski definition) is 0. The SMILES string of the molecule is CC([O])CC1CCC1. The van der Waals surface area contributed by atoms with Crippen LogP contribution in [0.15, 0.2) is 0 Å². The summed E-state index contributed by atoms with van der Waals surface area (Å²) < 4.78 is 0. The normalized spacial score (nSPS) is 24.8. The van der Waals surface area contributed by atoms with E-state index in [1.165, 1.54) is 19.3 Å². The van der Waals surface area contributed by atoms with Crippen LogP contribution in [0, 0.1) is 5.92 Å². The van der Waals surface area contributed by atoms with Crippen LogP contribution < -0.4 is 0 Å². The molecule has 0 aromatic heterocycles. The van der Waals surface area contributed by atoms with E-state index in [0.717, 1.165) is 12.3 Å². The lowest BCUT2D eigenvalue weighted by Gasteiger charge is -2.25. The Hall–Kier alpha value is -0.0400. The van der Waals surface area contributed by atoms with Gasteiger partial charge in [-0.1, -0.05) is 19.3 Å². The maximum absolute atomic E-state index is 10.5. The first-order chi connectivity index (χ1) is 3.79. The fourth-order valence-electron chi connectivity index (χ4n) is 1.20. The van der Waals surface area contributed by atoms with Gasteiger partial charge >= 0.3 is 0 Å². The van der Waals surface area contributed by atoms with Crippen LogP contribution in [-0.2, 0) is 5.11 Å². The summed E-state index contributed by atoms with van der Waals surface area (Å²) in [5, 5.41) is 10.5. The first kappa shape index (κ1) is 6.09. The van der Waals surface area contributed by atoms with E-state index in [-0.39, 0.29) is 6.10 Å². The topological polar surface area (TPSA) is 19.9 Å². The van der Waals surface area contributed by atoms with Crippen LogP contribution in [0.4, 0.5) is 0 Å². The van der Waals surface area contributed by atoms with Gasteiger partial charge in [-0.3, -0.25) is 0 Å². The molecule has 1 heteroatoms. The Balaban J connectivity index is 2.01. The van der Waals surface area contributed by atoms with Crippen molar-refractivity contribution < 1.29 is 5.11 Å². The zero-order valence-corrected chi connectivity index (χ0v) is 5.39. The fraction of sp³-hybridized carbons (Fsp3) is 1.00. The molecule has 1 nitrogen and oxygen atoms in total. The van der Waals surface area contributed by atoms with Crippen molar-refractivity contribution in [1.82, 2.24) is 0 Å². The summed E-state index contributed by atoms with van der Waals surface area (Å²) in [5.41, 5.74) is 0. The van der Waals surface area contributed by atoms with Crippen molar-refractivity contribution in [3.63, 3.8) is 0 Å². The zero-order valence-electron chi connectivity index (χ0n) is 5.39. The molecule has 1 fully saturated rings. The third-order valence-electron chi connectivity index (χ3n) is 1.89. The molecule has 1 unspecified atom stereocenters. The van der Waals surface area contributed by atoms with Gasteiger partial charge in [0.1, 0.15) is 0 Å². The van der Waals surface area contributed by atoms with E-state index < -0.39 is 0 Å². The molecule has 0 N–H and O–H groups in total. The Kier molecular flexibility index (Phi) is 1.90. The Bertz CT molecular complexity index is 64.8. The summed E-state index contributed by atoms with van der Waals surface area (Å²) in [6.45, 7) is 1.76. The van der Waals surface area contributed by atoms with Crippen LogP contribution in [0.25, 0.3) is 0 Å². The molecular weight excluding hydrogens is 100 g/mol. The van der Waals surface area contributed by atoms with Crippen LogP contribution in [0.1, 0.15) is 32.6 Å². The minimum atomic E-state index is -0.319. The lowest BCUT2D eigenvalue weighted by atomic mass is 9.82. The molecule has 0 aliphatic heterocycles. The van der Waals surface area contributed by atoms with Gasteiger partial charge in [0.15, 0.2) is 0 Å². The average molecular weight is 113 g/mol. The van der Waals surface area contributed by atoms with Crippen LogP contribution >= 0.6 is 0 Å². The Morgan fingerprint density at radius 1 is 1.62 bits per heavy atom. The molecule has 47 valence electrons. The maximum Gasteiger partial charge on any atom is 0.0904 e. The molecule has 1 radical (unpaired) electrons. The first-order valence-electron chi connectivity index (χ1n) is 3.45. The second-order valence-electron chi connectivity index (χ2n) is 2.84. The van der Waals surface area contributed by atoms with Gasteiger partial charge < -0.3 is 0 Å². The molecule has 8 heavy (non-hydrogen) atoms. The monoisotopic (exact) mass is 113 g/mol. The Labute approximate surface area is 50.7 Å². The van der Waals surface area contributed by atoms with Crippen molar-refractivity contribution in [2.45, 2.75) is 38.7 Å². The Morgan fingerprint density at radius 3 is 2.38 bits per heavy atom. The predicted molar refractivity (Wildman–Crippen MR) is 32.1 cm³/mol. The predicted octanol–water partition coefficient (Wildman–Crippen LogP) is 2.00. The van der Waals surface area contributed by atoms with Gasteiger partial charge in [-0.15, -0.1) is 0 Å². The largest absolute Gasteiger partial charge is 0.233 e. The lowest BCUT2D eigenvalue weighted by molar-refractivity contribution is 0.0667. The zero-order chi connectivity index (χ0) is 5.98. The summed E-state index contributed by atoms with van der Waals surface area (Å²) in [7, 11) is 0. The van der Waals surface area contributed by atoms with Gasteiger partial charge in [-0.05, 0) is 19.3 Å². The van der Waals surface area contributed by atoms with E-state index in [1.54, 1.807) is 6.92 Å². The Morgan fingerprint density at radius 2 is 2.25 bits per heavy atom. The van der Waals surface area contributed by atoms with Gasteiger partial charge in [0.05, 0.1) is 6.10 Å². The van der Waals surface area contributed by atoms with Crippen molar-refractivity contribution in [2.24, 2.45) is 5.92 Å². The van der Waals surface area contributed by atoms with E-state index in [4.69, 9.17) is 0 Å².